The Labute approximate surface area is 156 Å². The van der Waals surface area contributed by atoms with E-state index in [0.29, 0.717) is 17.8 Å². The van der Waals surface area contributed by atoms with Crippen LogP contribution in [0, 0.1) is 0 Å². The van der Waals surface area contributed by atoms with Crippen LogP contribution >= 0.6 is 11.3 Å². The molecule has 1 aromatic heterocycles. The largest absolute Gasteiger partial charge is 0.349 e. The van der Waals surface area contributed by atoms with Crippen molar-refractivity contribution >= 4 is 28.8 Å². The first-order valence-electron chi connectivity index (χ1n) is 8.14. The minimum atomic E-state index is -0.249. The first-order valence-corrected chi connectivity index (χ1v) is 9.02. The van der Waals surface area contributed by atoms with Gasteiger partial charge in [0.1, 0.15) is 10.7 Å². The molecule has 0 aliphatic carbocycles. The summed E-state index contributed by atoms with van der Waals surface area (Å²) in [7, 11) is 3.46. The quantitative estimate of drug-likeness (QED) is 0.750. The van der Waals surface area contributed by atoms with Gasteiger partial charge < -0.3 is 10.2 Å². The summed E-state index contributed by atoms with van der Waals surface area (Å²) >= 11 is 1.44. The van der Waals surface area contributed by atoms with Crippen molar-refractivity contribution in [2.45, 2.75) is 6.42 Å². The maximum atomic E-state index is 12.4. The molecular formula is C20H19N3O2S. The van der Waals surface area contributed by atoms with Crippen LogP contribution in [-0.2, 0) is 11.2 Å². The first kappa shape index (κ1) is 17.8. The molecule has 26 heavy (non-hydrogen) atoms. The molecule has 2 amide bonds. The van der Waals surface area contributed by atoms with Gasteiger partial charge in [-0.2, -0.15) is 0 Å². The highest BCUT2D eigenvalue weighted by atomic mass is 32.1. The number of thiazole rings is 1. The molecule has 0 fully saturated rings. The third-order valence-corrected chi connectivity index (χ3v) is 4.71. The summed E-state index contributed by atoms with van der Waals surface area (Å²) in [6.07, 6.45) is 0.341. The van der Waals surface area contributed by atoms with Crippen molar-refractivity contribution in [2.75, 3.05) is 19.4 Å². The molecule has 1 heterocycles. The van der Waals surface area contributed by atoms with Gasteiger partial charge >= 0.3 is 0 Å². The fraction of sp³-hybridized carbons (Fsp3) is 0.150. The van der Waals surface area contributed by atoms with Crippen molar-refractivity contribution in [3.63, 3.8) is 0 Å². The van der Waals surface area contributed by atoms with Crippen LogP contribution in [-0.4, -0.2) is 35.8 Å². The van der Waals surface area contributed by atoms with Gasteiger partial charge in [0.2, 0.25) is 5.91 Å². The molecule has 1 N–H and O–H groups in total. The lowest BCUT2D eigenvalue weighted by atomic mass is 10.1. The van der Waals surface area contributed by atoms with Gasteiger partial charge in [0.25, 0.3) is 5.91 Å². The summed E-state index contributed by atoms with van der Waals surface area (Å²) in [6.45, 7) is 0. The van der Waals surface area contributed by atoms with Crippen molar-refractivity contribution in [1.29, 1.82) is 0 Å². The minimum Gasteiger partial charge on any atom is -0.349 e. The monoisotopic (exact) mass is 365 g/mol. The number of anilines is 1. The lowest BCUT2D eigenvalue weighted by Gasteiger charge is -2.10. The fourth-order valence-electron chi connectivity index (χ4n) is 2.33. The lowest BCUT2D eigenvalue weighted by Crippen LogP contribution is -2.23. The van der Waals surface area contributed by atoms with Crippen LogP contribution in [0.1, 0.15) is 16.1 Å². The molecule has 0 radical (unpaired) electrons. The van der Waals surface area contributed by atoms with E-state index in [0.717, 1.165) is 16.1 Å². The molecule has 0 atom stereocenters. The van der Waals surface area contributed by atoms with Crippen LogP contribution in [0.25, 0.3) is 10.6 Å². The first-order chi connectivity index (χ1) is 12.5. The molecule has 0 unspecified atom stereocenters. The smallest absolute Gasteiger partial charge is 0.275 e. The Hall–Kier alpha value is -2.99. The maximum Gasteiger partial charge on any atom is 0.275 e. The number of nitrogens with one attached hydrogen (secondary N) is 1. The predicted molar refractivity (Wildman–Crippen MR) is 104 cm³/mol. The molecule has 5 nitrogen and oxygen atoms in total. The Bertz CT molecular complexity index is 902. The van der Waals surface area contributed by atoms with Gasteiger partial charge in [0, 0.05) is 30.7 Å². The van der Waals surface area contributed by atoms with Crippen LogP contribution in [0.15, 0.2) is 60.0 Å². The predicted octanol–water partition coefficient (Wildman–Crippen LogP) is 3.69. The van der Waals surface area contributed by atoms with E-state index in [-0.39, 0.29) is 11.8 Å². The molecule has 0 saturated heterocycles. The number of nitrogens with zero attached hydrogens (tertiary/aromatic N) is 2. The molecule has 2 aromatic carbocycles. The zero-order valence-electron chi connectivity index (χ0n) is 14.6. The second-order valence-corrected chi connectivity index (χ2v) is 6.88. The van der Waals surface area contributed by atoms with E-state index in [1.165, 1.54) is 11.3 Å². The van der Waals surface area contributed by atoms with Gasteiger partial charge in [-0.05, 0) is 17.7 Å². The van der Waals surface area contributed by atoms with Gasteiger partial charge in [0.15, 0.2) is 0 Å². The van der Waals surface area contributed by atoms with E-state index in [4.69, 9.17) is 0 Å². The van der Waals surface area contributed by atoms with Gasteiger partial charge in [0.05, 0.1) is 6.42 Å². The van der Waals surface area contributed by atoms with Gasteiger partial charge in [-0.1, -0.05) is 42.5 Å². The average Bonchev–Trinajstić information content (AvgIpc) is 3.14. The van der Waals surface area contributed by atoms with Gasteiger partial charge in [-0.3, -0.25) is 9.59 Å². The number of carbonyl (C=O) groups is 2. The van der Waals surface area contributed by atoms with Gasteiger partial charge in [-0.25, -0.2) is 4.98 Å². The number of hydrogen-bond donors (Lipinski definition) is 1. The summed E-state index contributed by atoms with van der Waals surface area (Å²) in [4.78, 5) is 30.1. The summed E-state index contributed by atoms with van der Waals surface area (Å²) in [5.41, 5.74) is 2.96. The number of benzene rings is 2. The number of aromatic nitrogens is 1. The fourth-order valence-corrected chi connectivity index (χ4v) is 3.13. The normalized spacial score (nSPS) is 10.4. The number of rotatable bonds is 5. The van der Waals surface area contributed by atoms with E-state index in [2.05, 4.69) is 10.3 Å². The summed E-state index contributed by atoms with van der Waals surface area (Å²) < 4.78 is 0. The highest BCUT2D eigenvalue weighted by molar-refractivity contribution is 7.13. The second kappa shape index (κ2) is 7.93. The van der Waals surface area contributed by atoms with Crippen molar-refractivity contribution in [2.24, 2.45) is 0 Å². The second-order valence-electron chi connectivity index (χ2n) is 6.02. The zero-order valence-corrected chi connectivity index (χ0v) is 15.4. The lowest BCUT2D eigenvalue weighted by molar-refractivity contribution is -0.127. The van der Waals surface area contributed by atoms with E-state index in [1.807, 2.05) is 42.5 Å². The van der Waals surface area contributed by atoms with Crippen LogP contribution in [0.3, 0.4) is 0 Å². The Morgan fingerprint density at radius 3 is 2.38 bits per heavy atom. The maximum absolute atomic E-state index is 12.4. The van der Waals surface area contributed by atoms with Crippen LogP contribution in [0.5, 0.6) is 0 Å². The van der Waals surface area contributed by atoms with Crippen molar-refractivity contribution in [3.8, 4) is 10.6 Å². The van der Waals surface area contributed by atoms with E-state index >= 15 is 0 Å². The molecule has 3 aromatic rings. The summed E-state index contributed by atoms with van der Waals surface area (Å²) in [6, 6.07) is 17.0. The minimum absolute atomic E-state index is 0.0395. The highest BCUT2D eigenvalue weighted by Gasteiger charge is 2.12. The van der Waals surface area contributed by atoms with Crippen LogP contribution < -0.4 is 5.32 Å². The van der Waals surface area contributed by atoms with Gasteiger partial charge in [-0.15, -0.1) is 11.3 Å². The van der Waals surface area contributed by atoms with E-state index in [1.54, 1.807) is 36.5 Å². The summed E-state index contributed by atoms with van der Waals surface area (Å²) in [5, 5.41) is 5.40. The number of carbonyl (C=O) groups excluding carboxylic acids is 2. The Morgan fingerprint density at radius 2 is 1.73 bits per heavy atom. The third-order valence-electron chi connectivity index (χ3n) is 3.82. The molecule has 0 saturated carbocycles. The summed E-state index contributed by atoms with van der Waals surface area (Å²) in [5.74, 6) is -0.210. The molecule has 0 bridgehead atoms. The number of amides is 2. The SMILES string of the molecule is CN(C)C(=O)Cc1ccc(NC(=O)c2csc(-c3ccccc3)n2)cc1. The van der Waals surface area contributed by atoms with Crippen molar-refractivity contribution < 1.29 is 9.59 Å². The number of hydrogen-bond acceptors (Lipinski definition) is 4. The Balaban J connectivity index is 1.65. The van der Waals surface area contributed by atoms with Crippen molar-refractivity contribution in [3.05, 3.63) is 71.2 Å². The third kappa shape index (κ3) is 4.34. The molecular weight excluding hydrogens is 346 g/mol. The average molecular weight is 365 g/mol. The topological polar surface area (TPSA) is 62.3 Å². The Kier molecular flexibility index (Phi) is 5.43. The highest BCUT2D eigenvalue weighted by Crippen LogP contribution is 2.23. The zero-order chi connectivity index (χ0) is 18.5. The van der Waals surface area contributed by atoms with Crippen LogP contribution in [0.4, 0.5) is 5.69 Å². The molecule has 6 heteroatoms. The molecule has 3 rings (SSSR count). The standard InChI is InChI=1S/C20H19N3O2S/c1-23(2)18(24)12-14-8-10-16(11-9-14)21-19(25)17-13-26-20(22-17)15-6-4-3-5-7-15/h3-11,13H,12H2,1-2H3,(H,21,25). The Morgan fingerprint density at radius 1 is 1.04 bits per heavy atom. The molecule has 0 spiro atoms. The van der Waals surface area contributed by atoms with E-state index < -0.39 is 0 Å². The van der Waals surface area contributed by atoms with E-state index in [9.17, 15) is 9.59 Å². The van der Waals surface area contributed by atoms with Crippen molar-refractivity contribution in [1.82, 2.24) is 9.88 Å². The molecule has 0 aliphatic rings. The molecule has 0 aliphatic heterocycles. The number of likely N-dealkylation sites (N-methyl/N-ethyl adjacent to an activating group) is 1. The molecule has 132 valence electrons. The van der Waals surface area contributed by atoms with Crippen LogP contribution in [0.2, 0.25) is 0 Å².